The summed E-state index contributed by atoms with van der Waals surface area (Å²) >= 11 is 5.99. The van der Waals surface area contributed by atoms with Gasteiger partial charge in [0, 0.05) is 22.8 Å². The number of hydrogen-bond acceptors (Lipinski definition) is 2. The Morgan fingerprint density at radius 3 is 2.57 bits per heavy atom. The highest BCUT2D eigenvalue weighted by atomic mass is 35.5. The number of alkyl halides is 3. The van der Waals surface area contributed by atoms with E-state index in [2.05, 4.69) is 0 Å². The Balaban J connectivity index is 2.30. The van der Waals surface area contributed by atoms with E-state index in [0.29, 0.717) is 17.1 Å². The Hall–Kier alpha value is -0.940. The highest BCUT2D eigenvalue weighted by molar-refractivity contribution is 6.30. The molecule has 1 atom stereocenters. The third kappa shape index (κ3) is 4.78. The molecule has 2 rings (SSSR count). The molecule has 1 unspecified atom stereocenters. The Kier molecular flexibility index (Phi) is 5.04. The molecule has 6 heteroatoms. The third-order valence-electron chi connectivity index (χ3n) is 3.69. The van der Waals surface area contributed by atoms with Crippen molar-refractivity contribution in [3.63, 3.8) is 0 Å². The Morgan fingerprint density at radius 1 is 1.38 bits per heavy atom. The van der Waals surface area contributed by atoms with E-state index in [4.69, 9.17) is 17.3 Å². The maximum Gasteiger partial charge on any atom is 0.405 e. The zero-order valence-corrected chi connectivity index (χ0v) is 12.7. The average Bonchev–Trinajstić information content (AvgIpc) is 3.19. The standard InChI is InChI=1S/C15H20ClF3N2/c1-2-12(20)8-10-7-11(16)3-6-14(10)21(13-4-5-13)9-15(17,18)19/h3,6-7,12-13H,2,4-5,8-9,20H2,1H3. The van der Waals surface area contributed by atoms with E-state index in [9.17, 15) is 13.2 Å². The summed E-state index contributed by atoms with van der Waals surface area (Å²) in [5.41, 5.74) is 7.37. The molecule has 0 spiro atoms. The lowest BCUT2D eigenvalue weighted by Gasteiger charge is -2.29. The van der Waals surface area contributed by atoms with Crippen molar-refractivity contribution in [1.82, 2.24) is 0 Å². The van der Waals surface area contributed by atoms with Crippen LogP contribution in [0.15, 0.2) is 18.2 Å². The molecule has 0 amide bonds. The zero-order chi connectivity index (χ0) is 15.6. The lowest BCUT2D eigenvalue weighted by Crippen LogP contribution is -2.37. The van der Waals surface area contributed by atoms with Crippen LogP contribution >= 0.6 is 11.6 Å². The van der Waals surface area contributed by atoms with E-state index in [1.165, 1.54) is 4.90 Å². The van der Waals surface area contributed by atoms with Gasteiger partial charge < -0.3 is 10.6 Å². The molecule has 0 heterocycles. The van der Waals surface area contributed by atoms with E-state index >= 15 is 0 Å². The van der Waals surface area contributed by atoms with Crippen molar-refractivity contribution in [3.8, 4) is 0 Å². The lowest BCUT2D eigenvalue weighted by atomic mass is 10.0. The van der Waals surface area contributed by atoms with Gasteiger partial charge in [0.2, 0.25) is 0 Å². The molecular formula is C15H20ClF3N2. The van der Waals surface area contributed by atoms with Crippen molar-refractivity contribution in [2.45, 2.75) is 50.9 Å². The predicted octanol–water partition coefficient (Wildman–Crippen LogP) is 4.15. The molecule has 1 aromatic carbocycles. The van der Waals surface area contributed by atoms with Crippen LogP contribution < -0.4 is 10.6 Å². The molecule has 2 nitrogen and oxygen atoms in total. The van der Waals surface area contributed by atoms with Gasteiger partial charge in [-0.1, -0.05) is 18.5 Å². The van der Waals surface area contributed by atoms with Crippen molar-refractivity contribution in [2.24, 2.45) is 5.73 Å². The molecule has 2 N–H and O–H groups in total. The molecule has 0 aromatic heterocycles. The summed E-state index contributed by atoms with van der Waals surface area (Å²) in [6, 6.07) is 4.96. The number of halogens is 4. The molecule has 21 heavy (non-hydrogen) atoms. The Labute approximate surface area is 128 Å². The normalized spacial score (nSPS) is 16.9. The number of nitrogens with two attached hydrogens (primary N) is 1. The van der Waals surface area contributed by atoms with E-state index in [0.717, 1.165) is 24.8 Å². The van der Waals surface area contributed by atoms with Crippen LogP contribution in [0.4, 0.5) is 18.9 Å². The summed E-state index contributed by atoms with van der Waals surface area (Å²) in [5.74, 6) is 0. The van der Waals surface area contributed by atoms with Crippen LogP contribution in [0, 0.1) is 0 Å². The first-order valence-electron chi connectivity index (χ1n) is 7.17. The summed E-state index contributed by atoms with van der Waals surface area (Å²) in [5, 5.41) is 0.528. The van der Waals surface area contributed by atoms with Gasteiger partial charge in [-0.05, 0) is 49.4 Å². The van der Waals surface area contributed by atoms with Gasteiger partial charge in [-0.15, -0.1) is 0 Å². The van der Waals surface area contributed by atoms with E-state index in [-0.39, 0.29) is 12.1 Å². The molecule has 1 aromatic rings. The number of benzene rings is 1. The van der Waals surface area contributed by atoms with Crippen molar-refractivity contribution in [2.75, 3.05) is 11.4 Å². The van der Waals surface area contributed by atoms with Crippen LogP contribution in [0.5, 0.6) is 0 Å². The van der Waals surface area contributed by atoms with Gasteiger partial charge in [0.1, 0.15) is 6.54 Å². The first-order valence-corrected chi connectivity index (χ1v) is 7.55. The van der Waals surface area contributed by atoms with Gasteiger partial charge >= 0.3 is 6.18 Å². The fourth-order valence-electron chi connectivity index (χ4n) is 2.41. The lowest BCUT2D eigenvalue weighted by molar-refractivity contribution is -0.120. The topological polar surface area (TPSA) is 29.3 Å². The first kappa shape index (κ1) is 16.4. The number of anilines is 1. The number of nitrogens with zero attached hydrogens (tertiary/aromatic N) is 1. The van der Waals surface area contributed by atoms with Crippen molar-refractivity contribution in [1.29, 1.82) is 0 Å². The quantitative estimate of drug-likeness (QED) is 0.853. The minimum Gasteiger partial charge on any atom is -0.359 e. The highest BCUT2D eigenvalue weighted by Gasteiger charge is 2.38. The van der Waals surface area contributed by atoms with Crippen LogP contribution in [0.25, 0.3) is 0 Å². The van der Waals surface area contributed by atoms with Gasteiger partial charge in [0.15, 0.2) is 0 Å². The summed E-state index contributed by atoms with van der Waals surface area (Å²) < 4.78 is 38.5. The second-order valence-corrected chi connectivity index (χ2v) is 6.06. The van der Waals surface area contributed by atoms with Crippen LogP contribution in [0.3, 0.4) is 0 Å². The van der Waals surface area contributed by atoms with E-state index < -0.39 is 12.7 Å². The highest BCUT2D eigenvalue weighted by Crippen LogP contribution is 2.37. The summed E-state index contributed by atoms with van der Waals surface area (Å²) in [7, 11) is 0. The fourth-order valence-corrected chi connectivity index (χ4v) is 2.61. The Morgan fingerprint density at radius 2 is 2.05 bits per heavy atom. The fraction of sp³-hybridized carbons (Fsp3) is 0.600. The van der Waals surface area contributed by atoms with Crippen molar-refractivity contribution >= 4 is 17.3 Å². The molecule has 1 aliphatic carbocycles. The number of rotatable bonds is 6. The summed E-state index contributed by atoms with van der Waals surface area (Å²) in [6.07, 6.45) is -1.30. The first-order chi connectivity index (χ1) is 9.80. The third-order valence-corrected chi connectivity index (χ3v) is 3.93. The second kappa shape index (κ2) is 6.44. The minimum absolute atomic E-state index is 0.0237. The summed E-state index contributed by atoms with van der Waals surface area (Å²) in [6.45, 7) is 1.04. The molecule has 1 aliphatic rings. The van der Waals surface area contributed by atoms with Gasteiger partial charge in [-0.2, -0.15) is 13.2 Å². The summed E-state index contributed by atoms with van der Waals surface area (Å²) in [4.78, 5) is 1.45. The zero-order valence-electron chi connectivity index (χ0n) is 12.0. The predicted molar refractivity (Wildman–Crippen MR) is 79.8 cm³/mol. The van der Waals surface area contributed by atoms with Gasteiger partial charge in [0.05, 0.1) is 0 Å². The minimum atomic E-state index is -4.22. The average molecular weight is 321 g/mol. The molecule has 0 radical (unpaired) electrons. The monoisotopic (exact) mass is 320 g/mol. The molecule has 0 aliphatic heterocycles. The maximum absolute atomic E-state index is 12.8. The van der Waals surface area contributed by atoms with Gasteiger partial charge in [-0.25, -0.2) is 0 Å². The van der Waals surface area contributed by atoms with Crippen LogP contribution in [0.2, 0.25) is 5.02 Å². The van der Waals surface area contributed by atoms with Crippen molar-refractivity contribution in [3.05, 3.63) is 28.8 Å². The molecule has 1 saturated carbocycles. The SMILES string of the molecule is CCC(N)Cc1cc(Cl)ccc1N(CC(F)(F)F)C1CC1. The number of hydrogen-bond donors (Lipinski definition) is 1. The van der Waals surface area contributed by atoms with Gasteiger partial charge in [0.25, 0.3) is 0 Å². The van der Waals surface area contributed by atoms with Gasteiger partial charge in [-0.3, -0.25) is 0 Å². The van der Waals surface area contributed by atoms with Crippen molar-refractivity contribution < 1.29 is 13.2 Å². The molecule has 118 valence electrons. The molecular weight excluding hydrogens is 301 g/mol. The maximum atomic E-state index is 12.8. The van der Waals surface area contributed by atoms with E-state index in [1.807, 2.05) is 6.92 Å². The molecule has 1 fully saturated rings. The smallest absolute Gasteiger partial charge is 0.359 e. The van der Waals surface area contributed by atoms with Crippen LogP contribution in [-0.2, 0) is 6.42 Å². The molecule has 0 saturated heterocycles. The molecule has 0 bridgehead atoms. The van der Waals surface area contributed by atoms with Crippen LogP contribution in [-0.4, -0.2) is 24.8 Å². The largest absolute Gasteiger partial charge is 0.405 e. The Bertz CT molecular complexity index is 486. The van der Waals surface area contributed by atoms with Crippen LogP contribution in [0.1, 0.15) is 31.7 Å². The second-order valence-electron chi connectivity index (χ2n) is 5.62. The van der Waals surface area contributed by atoms with E-state index in [1.54, 1.807) is 18.2 Å².